The van der Waals surface area contributed by atoms with Crippen molar-refractivity contribution < 1.29 is 32.6 Å². The zero-order chi connectivity index (χ0) is 19.4. The number of carbonyl (C=O) groups is 2. The summed E-state index contributed by atoms with van der Waals surface area (Å²) in [5.41, 5.74) is -0.664. The molecule has 0 heterocycles. The lowest BCUT2D eigenvalue weighted by atomic mass is 9.83. The molecule has 2 atom stereocenters. The molecular weight excluding hydrogens is 361 g/mol. The van der Waals surface area contributed by atoms with E-state index in [1.807, 2.05) is 0 Å². The Morgan fingerprint density at radius 1 is 1.16 bits per heavy atom. The largest absolute Gasteiger partial charge is 0.481 e. The minimum Gasteiger partial charge on any atom is -0.481 e. The molecule has 0 spiro atoms. The van der Waals surface area contributed by atoms with Crippen molar-refractivity contribution in [3.8, 4) is 0 Å². The van der Waals surface area contributed by atoms with Gasteiger partial charge in [-0.15, -0.1) is 0 Å². The van der Waals surface area contributed by atoms with E-state index in [0.29, 0.717) is 5.02 Å². The third-order valence-corrected chi connectivity index (χ3v) is 3.60. The van der Waals surface area contributed by atoms with E-state index in [9.17, 15) is 27.9 Å². The summed E-state index contributed by atoms with van der Waals surface area (Å²) in [6.07, 6.45) is -6.56. The quantitative estimate of drug-likeness (QED) is 0.719. The summed E-state index contributed by atoms with van der Waals surface area (Å²) in [5, 5.41) is 9.76. The van der Waals surface area contributed by atoms with Gasteiger partial charge in [0.05, 0.1) is 11.8 Å². The van der Waals surface area contributed by atoms with Crippen LogP contribution in [-0.4, -0.2) is 28.8 Å². The standard InChI is InChI=1S/C17H20ClF3O4/c1-16(2,3)25-15(24)13(10-4-6-11(18)7-5-10)12(14(22)23)8-9-17(19,20)21/h4-7,12-13H,8-9H2,1-3H3,(H,22,23)/t12?,13-/m0/s1. The molecule has 0 saturated heterocycles. The zero-order valence-corrected chi connectivity index (χ0v) is 14.8. The van der Waals surface area contributed by atoms with Gasteiger partial charge in [0.25, 0.3) is 0 Å². The molecule has 0 bridgehead atoms. The summed E-state index contributed by atoms with van der Waals surface area (Å²) < 4.78 is 42.9. The first kappa shape index (κ1) is 21.3. The minimum absolute atomic E-state index is 0.244. The Bertz CT molecular complexity index is 606. The molecule has 1 aromatic rings. The van der Waals surface area contributed by atoms with Crippen LogP contribution in [0.3, 0.4) is 0 Å². The molecule has 0 amide bonds. The number of rotatable bonds is 6. The molecule has 0 fully saturated rings. The molecule has 4 nitrogen and oxygen atoms in total. The van der Waals surface area contributed by atoms with Crippen molar-refractivity contribution in [3.63, 3.8) is 0 Å². The van der Waals surface area contributed by atoms with Gasteiger partial charge in [0.15, 0.2) is 0 Å². The fourth-order valence-corrected chi connectivity index (χ4v) is 2.45. The third-order valence-electron chi connectivity index (χ3n) is 3.35. The summed E-state index contributed by atoms with van der Waals surface area (Å²) in [6.45, 7) is 4.78. The lowest BCUT2D eigenvalue weighted by Crippen LogP contribution is -2.34. The van der Waals surface area contributed by atoms with Gasteiger partial charge in [-0.1, -0.05) is 23.7 Å². The van der Waals surface area contributed by atoms with E-state index < -0.39 is 48.4 Å². The minimum atomic E-state index is -4.52. The molecule has 0 aromatic heterocycles. The molecule has 0 aliphatic carbocycles. The lowest BCUT2D eigenvalue weighted by molar-refractivity contribution is -0.165. The summed E-state index contributed by atoms with van der Waals surface area (Å²) in [5.74, 6) is -5.31. The molecule has 1 unspecified atom stereocenters. The van der Waals surface area contributed by atoms with E-state index in [0.717, 1.165) is 0 Å². The molecule has 1 aromatic carbocycles. The van der Waals surface area contributed by atoms with E-state index in [-0.39, 0.29) is 5.56 Å². The van der Waals surface area contributed by atoms with Gasteiger partial charge in [-0.25, -0.2) is 0 Å². The van der Waals surface area contributed by atoms with E-state index in [1.165, 1.54) is 24.3 Å². The number of hydrogen-bond donors (Lipinski definition) is 1. The number of benzene rings is 1. The highest BCUT2D eigenvalue weighted by Crippen LogP contribution is 2.35. The average molecular weight is 381 g/mol. The average Bonchev–Trinajstić information content (AvgIpc) is 2.41. The van der Waals surface area contributed by atoms with Crippen LogP contribution < -0.4 is 0 Å². The van der Waals surface area contributed by atoms with Crippen LogP contribution in [0.1, 0.15) is 45.1 Å². The normalized spacial score (nSPS) is 14.7. The van der Waals surface area contributed by atoms with Crippen molar-refractivity contribution in [2.45, 2.75) is 51.3 Å². The van der Waals surface area contributed by atoms with Crippen LogP contribution in [0.4, 0.5) is 13.2 Å². The Morgan fingerprint density at radius 3 is 2.08 bits per heavy atom. The Morgan fingerprint density at radius 2 is 1.68 bits per heavy atom. The molecule has 1 rings (SSSR count). The summed E-state index contributed by atoms with van der Waals surface area (Å²) in [6, 6.07) is 5.72. The highest BCUT2D eigenvalue weighted by atomic mass is 35.5. The van der Waals surface area contributed by atoms with Gasteiger partial charge >= 0.3 is 18.1 Å². The van der Waals surface area contributed by atoms with E-state index in [1.54, 1.807) is 20.8 Å². The van der Waals surface area contributed by atoms with E-state index in [2.05, 4.69) is 0 Å². The fourth-order valence-electron chi connectivity index (χ4n) is 2.32. The number of carboxylic acid groups (broad SMARTS) is 1. The first-order valence-corrected chi connectivity index (χ1v) is 7.96. The first-order valence-electron chi connectivity index (χ1n) is 7.58. The van der Waals surface area contributed by atoms with Crippen LogP contribution in [0.5, 0.6) is 0 Å². The van der Waals surface area contributed by atoms with Crippen LogP contribution in [0.2, 0.25) is 5.02 Å². The zero-order valence-electron chi connectivity index (χ0n) is 14.1. The monoisotopic (exact) mass is 380 g/mol. The van der Waals surface area contributed by atoms with Gasteiger partial charge in [0.2, 0.25) is 0 Å². The van der Waals surface area contributed by atoms with Gasteiger partial charge < -0.3 is 9.84 Å². The number of carbonyl (C=O) groups excluding carboxylic acids is 1. The molecule has 25 heavy (non-hydrogen) atoms. The number of esters is 1. The second-order valence-electron chi connectivity index (χ2n) is 6.66. The Hall–Kier alpha value is -1.76. The van der Waals surface area contributed by atoms with Gasteiger partial charge in [0.1, 0.15) is 5.60 Å². The summed E-state index contributed by atoms with van der Waals surface area (Å²) >= 11 is 5.78. The van der Waals surface area contributed by atoms with Crippen molar-refractivity contribution >= 4 is 23.5 Å². The van der Waals surface area contributed by atoms with Crippen LogP contribution in [0.15, 0.2) is 24.3 Å². The molecule has 0 aliphatic rings. The van der Waals surface area contributed by atoms with Gasteiger partial charge in [-0.3, -0.25) is 9.59 Å². The third kappa shape index (κ3) is 7.34. The highest BCUT2D eigenvalue weighted by molar-refractivity contribution is 6.30. The molecule has 8 heteroatoms. The maximum Gasteiger partial charge on any atom is 0.389 e. The van der Waals surface area contributed by atoms with Crippen LogP contribution >= 0.6 is 11.6 Å². The smallest absolute Gasteiger partial charge is 0.389 e. The Balaban J connectivity index is 3.23. The number of hydrogen-bond acceptors (Lipinski definition) is 3. The van der Waals surface area contributed by atoms with Crippen LogP contribution in [-0.2, 0) is 14.3 Å². The maximum absolute atomic E-state index is 12.5. The fraction of sp³-hybridized carbons (Fsp3) is 0.529. The van der Waals surface area contributed by atoms with Crippen molar-refractivity contribution in [2.75, 3.05) is 0 Å². The van der Waals surface area contributed by atoms with Crippen molar-refractivity contribution in [1.82, 2.24) is 0 Å². The van der Waals surface area contributed by atoms with Crippen molar-refractivity contribution in [3.05, 3.63) is 34.9 Å². The second kappa shape index (κ2) is 8.08. The SMILES string of the molecule is CC(C)(C)OC(=O)[C@@H](c1ccc(Cl)cc1)C(CCC(F)(F)F)C(=O)O. The molecule has 1 N–H and O–H groups in total. The summed E-state index contributed by atoms with van der Waals surface area (Å²) in [4.78, 5) is 24.1. The van der Waals surface area contributed by atoms with E-state index in [4.69, 9.17) is 16.3 Å². The Kier molecular flexibility index (Phi) is 6.88. The predicted octanol–water partition coefficient (Wildman–Crippen LogP) is 4.81. The first-order chi connectivity index (χ1) is 11.3. The highest BCUT2D eigenvalue weighted by Gasteiger charge is 2.40. The molecule has 0 saturated carbocycles. The molecule has 0 radical (unpaired) electrons. The summed E-state index contributed by atoms with van der Waals surface area (Å²) in [7, 11) is 0. The van der Waals surface area contributed by atoms with Gasteiger partial charge in [-0.2, -0.15) is 13.2 Å². The maximum atomic E-state index is 12.5. The number of carboxylic acids is 1. The number of alkyl halides is 3. The number of halogens is 4. The topological polar surface area (TPSA) is 63.6 Å². The van der Waals surface area contributed by atoms with Crippen molar-refractivity contribution in [1.29, 1.82) is 0 Å². The molecular formula is C17H20ClF3O4. The second-order valence-corrected chi connectivity index (χ2v) is 7.10. The van der Waals surface area contributed by atoms with E-state index >= 15 is 0 Å². The van der Waals surface area contributed by atoms with Crippen LogP contribution in [0, 0.1) is 5.92 Å². The molecule has 0 aliphatic heterocycles. The van der Waals surface area contributed by atoms with Crippen molar-refractivity contribution in [2.24, 2.45) is 5.92 Å². The van der Waals surface area contributed by atoms with Crippen LogP contribution in [0.25, 0.3) is 0 Å². The predicted molar refractivity (Wildman–Crippen MR) is 86.5 cm³/mol. The Labute approximate surface area is 148 Å². The number of aliphatic carboxylic acids is 1. The molecule has 140 valence electrons. The van der Waals surface area contributed by atoms with Gasteiger partial charge in [0, 0.05) is 11.4 Å². The lowest BCUT2D eigenvalue weighted by Gasteiger charge is -2.28. The van der Waals surface area contributed by atoms with Gasteiger partial charge in [-0.05, 0) is 44.9 Å². The number of ether oxygens (including phenoxy) is 1.